The van der Waals surface area contributed by atoms with E-state index in [0.29, 0.717) is 18.6 Å². The van der Waals surface area contributed by atoms with E-state index in [1.165, 1.54) is 70.6 Å². The molecule has 0 bridgehead atoms. The van der Waals surface area contributed by atoms with Crippen LogP contribution in [0.15, 0.2) is 60.9 Å². The van der Waals surface area contributed by atoms with Gasteiger partial charge in [0.25, 0.3) is 0 Å². The fourth-order valence-corrected chi connectivity index (χ4v) is 6.16. The first kappa shape index (κ1) is 47.0. The van der Waals surface area contributed by atoms with E-state index in [2.05, 4.69) is 62.5 Å². The van der Waals surface area contributed by atoms with E-state index in [1.54, 1.807) is 6.26 Å². The van der Waals surface area contributed by atoms with Crippen LogP contribution in [0.1, 0.15) is 149 Å². The van der Waals surface area contributed by atoms with Crippen LogP contribution in [0.25, 0.3) is 0 Å². The minimum atomic E-state index is -4.31. The molecule has 0 saturated carbocycles. The fourth-order valence-electron chi connectivity index (χ4n) is 5.39. The lowest BCUT2D eigenvalue weighted by molar-refractivity contribution is -0.153. The van der Waals surface area contributed by atoms with E-state index >= 15 is 0 Å². The van der Waals surface area contributed by atoms with Crippen molar-refractivity contribution in [2.45, 2.75) is 167 Å². The van der Waals surface area contributed by atoms with Gasteiger partial charge in [-0.3, -0.25) is 13.8 Å². The van der Waals surface area contributed by atoms with Gasteiger partial charge in [0, 0.05) is 13.0 Å². The number of carbonyl (C=O) groups is 1. The zero-order valence-electron chi connectivity index (χ0n) is 32.0. The number of unbranched alkanes of at least 4 members (excludes halogenated alkanes) is 13. The number of rotatable bonds is 36. The second-order valence-electron chi connectivity index (χ2n) is 13.2. The summed E-state index contributed by atoms with van der Waals surface area (Å²) in [5, 5.41) is 0. The molecule has 0 aromatic heterocycles. The van der Waals surface area contributed by atoms with Gasteiger partial charge < -0.3 is 24.8 Å². The van der Waals surface area contributed by atoms with Crippen LogP contribution in [0.5, 0.6) is 0 Å². The van der Waals surface area contributed by atoms with Crippen molar-refractivity contribution in [2.24, 2.45) is 5.73 Å². The summed E-state index contributed by atoms with van der Waals surface area (Å²) in [6.45, 7) is 4.03. The number of hydrogen-bond donors (Lipinski definition) is 2. The Morgan fingerprint density at radius 3 is 1.90 bits per heavy atom. The molecule has 0 amide bonds. The molecule has 0 spiro atoms. The highest BCUT2D eigenvalue weighted by Crippen LogP contribution is 2.43. The molecule has 1 fully saturated rings. The predicted molar refractivity (Wildman–Crippen MR) is 209 cm³/mol. The van der Waals surface area contributed by atoms with Gasteiger partial charge in [-0.1, -0.05) is 133 Å². The third-order valence-electron chi connectivity index (χ3n) is 8.42. The van der Waals surface area contributed by atoms with Crippen molar-refractivity contribution < 1.29 is 37.5 Å². The molecule has 1 aliphatic heterocycles. The molecular formula is C41H72NO8P. The smallest absolute Gasteiger partial charge is 0.472 e. The average molecular weight is 738 g/mol. The normalized spacial score (nSPS) is 18.1. The molecule has 0 radical (unpaired) electrons. The van der Waals surface area contributed by atoms with Crippen molar-refractivity contribution in [1.29, 1.82) is 0 Å². The van der Waals surface area contributed by atoms with Gasteiger partial charge in [0.15, 0.2) is 6.10 Å². The Hall–Kier alpha value is -2.00. The SMILES string of the molecule is CCC=CCC=CCC1OC1CC=CCC=CCCCC(=O)OC(COC=CCCCCCCCCCCCCCC)COP(=O)(O)OCCN. The number of carbonyl (C=O) groups excluding carboxylic acids is 1. The number of phosphoric ester groups is 1. The van der Waals surface area contributed by atoms with Crippen LogP contribution in [0, 0.1) is 0 Å². The molecule has 1 rings (SSSR count). The Kier molecular flexibility index (Phi) is 31.2. The van der Waals surface area contributed by atoms with E-state index in [9.17, 15) is 14.3 Å². The summed E-state index contributed by atoms with van der Waals surface area (Å²) in [5.74, 6) is -0.414. The van der Waals surface area contributed by atoms with Gasteiger partial charge >= 0.3 is 13.8 Å². The van der Waals surface area contributed by atoms with Gasteiger partial charge in [-0.2, -0.15) is 0 Å². The zero-order valence-corrected chi connectivity index (χ0v) is 32.9. The van der Waals surface area contributed by atoms with E-state index < -0.39 is 19.9 Å². The van der Waals surface area contributed by atoms with Gasteiger partial charge in [0.1, 0.15) is 6.61 Å². The second-order valence-corrected chi connectivity index (χ2v) is 14.7. The average Bonchev–Trinajstić information content (AvgIpc) is 3.87. The summed E-state index contributed by atoms with van der Waals surface area (Å²) in [6, 6.07) is 0. The lowest BCUT2D eigenvalue weighted by Gasteiger charge is -2.19. The molecular weight excluding hydrogens is 665 g/mol. The first-order chi connectivity index (χ1) is 24.9. The number of ether oxygens (including phenoxy) is 3. The fraction of sp³-hybridized carbons (Fsp3) is 0.732. The molecule has 4 atom stereocenters. The summed E-state index contributed by atoms with van der Waals surface area (Å²) in [5.41, 5.74) is 5.35. The summed E-state index contributed by atoms with van der Waals surface area (Å²) in [6.07, 6.45) is 43.6. The minimum absolute atomic E-state index is 0.00377. The Balaban J connectivity index is 2.23. The molecule has 0 aromatic carbocycles. The van der Waals surface area contributed by atoms with Crippen molar-refractivity contribution in [1.82, 2.24) is 0 Å². The Labute approximate surface area is 310 Å². The second kappa shape index (κ2) is 33.8. The van der Waals surface area contributed by atoms with E-state index in [4.69, 9.17) is 29.0 Å². The number of nitrogens with two attached hydrogens (primary N) is 1. The molecule has 4 unspecified atom stereocenters. The van der Waals surface area contributed by atoms with Crippen molar-refractivity contribution in [2.75, 3.05) is 26.4 Å². The third kappa shape index (κ3) is 31.3. The maximum absolute atomic E-state index is 12.5. The number of phosphoric acid groups is 1. The van der Waals surface area contributed by atoms with Crippen LogP contribution >= 0.6 is 7.82 Å². The summed E-state index contributed by atoms with van der Waals surface area (Å²) in [4.78, 5) is 22.4. The molecule has 0 aromatic rings. The molecule has 1 aliphatic rings. The van der Waals surface area contributed by atoms with Crippen molar-refractivity contribution in [3.05, 3.63) is 60.9 Å². The van der Waals surface area contributed by atoms with E-state index in [0.717, 1.165) is 51.4 Å². The molecule has 1 saturated heterocycles. The first-order valence-corrected chi connectivity index (χ1v) is 21.4. The lowest BCUT2D eigenvalue weighted by atomic mass is 10.0. The largest absolute Gasteiger partial charge is 0.498 e. The zero-order chi connectivity index (χ0) is 37.1. The van der Waals surface area contributed by atoms with Gasteiger partial charge in [-0.15, -0.1) is 0 Å². The Bertz CT molecular complexity index is 1030. The molecule has 0 aliphatic carbocycles. The van der Waals surface area contributed by atoms with Gasteiger partial charge in [-0.05, 0) is 63.9 Å². The Morgan fingerprint density at radius 1 is 0.725 bits per heavy atom. The molecule has 10 heteroatoms. The third-order valence-corrected chi connectivity index (χ3v) is 9.40. The molecule has 9 nitrogen and oxygen atoms in total. The highest BCUT2D eigenvalue weighted by molar-refractivity contribution is 7.47. The monoisotopic (exact) mass is 737 g/mol. The van der Waals surface area contributed by atoms with Crippen LogP contribution in [0.3, 0.4) is 0 Å². The molecule has 51 heavy (non-hydrogen) atoms. The summed E-state index contributed by atoms with van der Waals surface area (Å²) in [7, 11) is -4.31. The molecule has 294 valence electrons. The Morgan fingerprint density at radius 2 is 1.29 bits per heavy atom. The quantitative estimate of drug-likeness (QED) is 0.0161. The van der Waals surface area contributed by atoms with Gasteiger partial charge in [0.05, 0.1) is 31.7 Å². The summed E-state index contributed by atoms with van der Waals surface area (Å²) >= 11 is 0. The number of hydrogen-bond acceptors (Lipinski definition) is 8. The first-order valence-electron chi connectivity index (χ1n) is 19.9. The van der Waals surface area contributed by atoms with Crippen LogP contribution < -0.4 is 5.73 Å². The van der Waals surface area contributed by atoms with Crippen molar-refractivity contribution in [3.8, 4) is 0 Å². The topological polar surface area (TPSA) is 130 Å². The summed E-state index contributed by atoms with van der Waals surface area (Å²) < 4.78 is 38.8. The van der Waals surface area contributed by atoms with E-state index in [1.807, 2.05) is 6.08 Å². The van der Waals surface area contributed by atoms with Gasteiger partial charge in [-0.25, -0.2) is 4.57 Å². The number of esters is 1. The standard InChI is InChI=1S/C41H72NO8P/c1-3-5-7-9-11-12-13-14-15-16-17-21-25-29-34-46-36-38(37-48-51(44,45)47-35-33-42)49-41(43)32-28-24-20-18-19-23-27-31-40-39(50-40)30-26-22-10-8-6-4-2/h6,8,18,20,22-23,26-27,29,34,38-40H,3-5,7,9-17,19,21,24-25,28,30-33,35-37,42H2,1-2H3,(H,44,45). The lowest BCUT2D eigenvalue weighted by Crippen LogP contribution is -2.27. The van der Waals surface area contributed by atoms with Crippen LogP contribution in [-0.4, -0.2) is 55.5 Å². The maximum Gasteiger partial charge on any atom is 0.472 e. The van der Waals surface area contributed by atoms with Crippen LogP contribution in [-0.2, 0) is 32.6 Å². The predicted octanol–water partition coefficient (Wildman–Crippen LogP) is 10.7. The maximum atomic E-state index is 12.5. The highest BCUT2D eigenvalue weighted by Gasteiger charge is 2.36. The minimum Gasteiger partial charge on any atom is -0.498 e. The van der Waals surface area contributed by atoms with Crippen molar-refractivity contribution in [3.63, 3.8) is 0 Å². The van der Waals surface area contributed by atoms with Crippen LogP contribution in [0.4, 0.5) is 0 Å². The van der Waals surface area contributed by atoms with Crippen molar-refractivity contribution >= 4 is 13.8 Å². The number of allylic oxidation sites excluding steroid dienone is 7. The van der Waals surface area contributed by atoms with Gasteiger partial charge in [0.2, 0.25) is 0 Å². The molecule has 1 heterocycles. The highest BCUT2D eigenvalue weighted by atomic mass is 31.2. The van der Waals surface area contributed by atoms with E-state index in [-0.39, 0.29) is 32.8 Å². The number of epoxide rings is 1. The molecule has 3 N–H and O–H groups in total. The van der Waals surface area contributed by atoms with Crippen LogP contribution in [0.2, 0.25) is 0 Å².